The second-order valence-electron chi connectivity index (χ2n) is 4.72. The molecule has 0 saturated carbocycles. The summed E-state index contributed by atoms with van der Waals surface area (Å²) in [6, 6.07) is 12.3. The summed E-state index contributed by atoms with van der Waals surface area (Å²) < 4.78 is 5.72. The number of anilines is 2. The van der Waals surface area contributed by atoms with Crippen LogP contribution in [0.1, 0.15) is 12.5 Å². The van der Waals surface area contributed by atoms with Crippen molar-refractivity contribution in [3.8, 4) is 5.75 Å². The summed E-state index contributed by atoms with van der Waals surface area (Å²) >= 11 is 0. The van der Waals surface area contributed by atoms with Crippen LogP contribution < -0.4 is 15.0 Å². The molecule has 2 aromatic rings. The van der Waals surface area contributed by atoms with E-state index in [9.17, 15) is 0 Å². The SMILES string of the molecule is CCOc1cccnc1N1CCNCc2ccccc21. The Balaban J connectivity index is 2.05. The van der Waals surface area contributed by atoms with Gasteiger partial charge in [0.25, 0.3) is 0 Å². The van der Waals surface area contributed by atoms with E-state index in [4.69, 9.17) is 4.74 Å². The molecule has 0 aliphatic carbocycles. The first-order valence-electron chi connectivity index (χ1n) is 7.04. The molecular formula is C16H19N3O. The number of aromatic nitrogens is 1. The van der Waals surface area contributed by atoms with Gasteiger partial charge in [-0.1, -0.05) is 18.2 Å². The predicted molar refractivity (Wildman–Crippen MR) is 80.6 cm³/mol. The summed E-state index contributed by atoms with van der Waals surface area (Å²) in [5, 5.41) is 3.44. The molecule has 1 aliphatic heterocycles. The molecule has 3 rings (SSSR count). The Morgan fingerprint density at radius 3 is 3.05 bits per heavy atom. The van der Waals surface area contributed by atoms with Crippen molar-refractivity contribution >= 4 is 11.5 Å². The first-order chi connectivity index (χ1) is 9.90. The van der Waals surface area contributed by atoms with Crippen LogP contribution in [0.2, 0.25) is 0 Å². The lowest BCUT2D eigenvalue weighted by atomic mass is 10.1. The van der Waals surface area contributed by atoms with Gasteiger partial charge in [-0.15, -0.1) is 0 Å². The molecule has 0 radical (unpaired) electrons. The molecule has 0 unspecified atom stereocenters. The molecule has 0 amide bonds. The van der Waals surface area contributed by atoms with Crippen molar-refractivity contribution in [2.24, 2.45) is 0 Å². The molecule has 0 bridgehead atoms. The van der Waals surface area contributed by atoms with E-state index in [1.165, 1.54) is 11.3 Å². The maximum Gasteiger partial charge on any atom is 0.175 e. The third kappa shape index (κ3) is 2.47. The Hall–Kier alpha value is -2.07. The molecule has 0 saturated heterocycles. The predicted octanol–water partition coefficient (Wildman–Crippen LogP) is 2.72. The Morgan fingerprint density at radius 2 is 2.15 bits per heavy atom. The van der Waals surface area contributed by atoms with Gasteiger partial charge < -0.3 is 15.0 Å². The third-order valence-electron chi connectivity index (χ3n) is 3.42. The highest BCUT2D eigenvalue weighted by atomic mass is 16.5. The lowest BCUT2D eigenvalue weighted by Crippen LogP contribution is -2.25. The number of para-hydroxylation sites is 1. The summed E-state index contributed by atoms with van der Waals surface area (Å²) in [6.07, 6.45) is 1.82. The van der Waals surface area contributed by atoms with Gasteiger partial charge >= 0.3 is 0 Å². The van der Waals surface area contributed by atoms with E-state index in [0.29, 0.717) is 6.61 Å². The average molecular weight is 269 g/mol. The van der Waals surface area contributed by atoms with E-state index in [1.807, 2.05) is 25.3 Å². The van der Waals surface area contributed by atoms with Gasteiger partial charge in [0.1, 0.15) is 0 Å². The van der Waals surface area contributed by atoms with Crippen molar-refractivity contribution in [1.82, 2.24) is 10.3 Å². The number of hydrogen-bond acceptors (Lipinski definition) is 4. The second kappa shape index (κ2) is 5.92. The molecule has 0 atom stereocenters. The minimum absolute atomic E-state index is 0.645. The van der Waals surface area contributed by atoms with E-state index in [0.717, 1.165) is 31.2 Å². The summed E-state index contributed by atoms with van der Waals surface area (Å²) in [5.41, 5.74) is 2.50. The lowest BCUT2D eigenvalue weighted by Gasteiger charge is -2.25. The number of benzene rings is 1. The van der Waals surface area contributed by atoms with Crippen molar-refractivity contribution in [1.29, 1.82) is 0 Å². The standard InChI is InChI=1S/C16H19N3O/c1-2-20-15-8-5-9-18-16(15)19-11-10-17-12-13-6-3-4-7-14(13)19/h3-9,17H,2,10-12H2,1H3. The quantitative estimate of drug-likeness (QED) is 0.929. The maximum atomic E-state index is 5.72. The van der Waals surface area contributed by atoms with Crippen molar-refractivity contribution in [2.45, 2.75) is 13.5 Å². The van der Waals surface area contributed by atoms with Crippen LogP contribution in [0.3, 0.4) is 0 Å². The Bertz CT molecular complexity index is 585. The molecule has 4 heteroatoms. The van der Waals surface area contributed by atoms with Crippen LogP contribution in [0.4, 0.5) is 11.5 Å². The highest BCUT2D eigenvalue weighted by Crippen LogP contribution is 2.34. The van der Waals surface area contributed by atoms with E-state index in [2.05, 4.69) is 39.5 Å². The van der Waals surface area contributed by atoms with Crippen LogP contribution in [-0.2, 0) is 6.54 Å². The van der Waals surface area contributed by atoms with E-state index >= 15 is 0 Å². The van der Waals surface area contributed by atoms with Crippen molar-refractivity contribution in [2.75, 3.05) is 24.6 Å². The molecule has 0 fully saturated rings. The van der Waals surface area contributed by atoms with Crippen molar-refractivity contribution < 1.29 is 4.74 Å². The zero-order valence-electron chi connectivity index (χ0n) is 11.7. The fraction of sp³-hybridized carbons (Fsp3) is 0.312. The fourth-order valence-corrected chi connectivity index (χ4v) is 2.53. The molecule has 1 aromatic carbocycles. The van der Waals surface area contributed by atoms with Gasteiger partial charge in [0.05, 0.1) is 6.61 Å². The van der Waals surface area contributed by atoms with Crippen LogP contribution in [-0.4, -0.2) is 24.7 Å². The van der Waals surface area contributed by atoms with Crippen LogP contribution in [0.25, 0.3) is 0 Å². The van der Waals surface area contributed by atoms with Crippen LogP contribution >= 0.6 is 0 Å². The van der Waals surface area contributed by atoms with E-state index in [-0.39, 0.29) is 0 Å². The van der Waals surface area contributed by atoms with Gasteiger partial charge in [0, 0.05) is 31.5 Å². The zero-order valence-corrected chi connectivity index (χ0v) is 11.7. The zero-order chi connectivity index (χ0) is 13.8. The largest absolute Gasteiger partial charge is 0.490 e. The number of fused-ring (bicyclic) bond motifs is 1. The number of rotatable bonds is 3. The number of nitrogens with zero attached hydrogens (tertiary/aromatic N) is 2. The molecular weight excluding hydrogens is 250 g/mol. The molecule has 0 spiro atoms. The monoisotopic (exact) mass is 269 g/mol. The molecule has 1 N–H and O–H groups in total. The number of hydrogen-bond donors (Lipinski definition) is 1. The summed E-state index contributed by atoms with van der Waals surface area (Å²) in [7, 11) is 0. The lowest BCUT2D eigenvalue weighted by molar-refractivity contribution is 0.339. The smallest absolute Gasteiger partial charge is 0.175 e. The molecule has 104 valence electrons. The second-order valence-corrected chi connectivity index (χ2v) is 4.72. The average Bonchev–Trinajstić information content (AvgIpc) is 2.71. The van der Waals surface area contributed by atoms with Gasteiger partial charge in [-0.25, -0.2) is 4.98 Å². The van der Waals surface area contributed by atoms with Gasteiger partial charge in [-0.3, -0.25) is 0 Å². The van der Waals surface area contributed by atoms with Crippen LogP contribution in [0.15, 0.2) is 42.6 Å². The van der Waals surface area contributed by atoms with Crippen molar-refractivity contribution in [3.05, 3.63) is 48.2 Å². The number of nitrogens with one attached hydrogen (secondary N) is 1. The normalized spacial score (nSPS) is 14.6. The minimum Gasteiger partial charge on any atom is -0.490 e. The maximum absolute atomic E-state index is 5.72. The molecule has 2 heterocycles. The third-order valence-corrected chi connectivity index (χ3v) is 3.42. The van der Waals surface area contributed by atoms with Gasteiger partial charge in [0.15, 0.2) is 11.6 Å². The summed E-state index contributed by atoms with van der Waals surface area (Å²) in [6.45, 7) is 5.34. The molecule has 20 heavy (non-hydrogen) atoms. The summed E-state index contributed by atoms with van der Waals surface area (Å²) in [5.74, 6) is 1.73. The van der Waals surface area contributed by atoms with Gasteiger partial charge in [-0.05, 0) is 30.7 Å². The number of ether oxygens (including phenoxy) is 1. The fourth-order valence-electron chi connectivity index (χ4n) is 2.53. The number of pyridine rings is 1. The topological polar surface area (TPSA) is 37.4 Å². The van der Waals surface area contributed by atoms with Gasteiger partial charge in [-0.2, -0.15) is 0 Å². The van der Waals surface area contributed by atoms with Crippen LogP contribution in [0, 0.1) is 0 Å². The highest BCUT2D eigenvalue weighted by Gasteiger charge is 2.20. The Kier molecular flexibility index (Phi) is 3.83. The van der Waals surface area contributed by atoms with Gasteiger partial charge in [0.2, 0.25) is 0 Å². The van der Waals surface area contributed by atoms with E-state index in [1.54, 1.807) is 0 Å². The Labute approximate surface area is 119 Å². The highest BCUT2D eigenvalue weighted by molar-refractivity contribution is 5.68. The Morgan fingerprint density at radius 1 is 1.25 bits per heavy atom. The summed E-state index contributed by atoms with van der Waals surface area (Å²) in [4.78, 5) is 6.77. The first kappa shape index (κ1) is 12.9. The first-order valence-corrected chi connectivity index (χ1v) is 7.04. The van der Waals surface area contributed by atoms with Crippen molar-refractivity contribution in [3.63, 3.8) is 0 Å². The molecule has 1 aromatic heterocycles. The molecule has 4 nitrogen and oxygen atoms in total. The minimum atomic E-state index is 0.645. The molecule has 1 aliphatic rings. The van der Waals surface area contributed by atoms with E-state index < -0.39 is 0 Å². The van der Waals surface area contributed by atoms with Crippen LogP contribution in [0.5, 0.6) is 5.75 Å².